The van der Waals surface area contributed by atoms with Gasteiger partial charge in [-0.25, -0.2) is 4.39 Å². The highest BCUT2D eigenvalue weighted by atomic mass is 79.9. The van der Waals surface area contributed by atoms with E-state index < -0.39 is 16.8 Å². The van der Waals surface area contributed by atoms with Gasteiger partial charge in [0.1, 0.15) is 18.5 Å². The highest BCUT2D eigenvalue weighted by molar-refractivity contribution is 9.10. The van der Waals surface area contributed by atoms with E-state index in [0.717, 1.165) is 18.6 Å². The van der Waals surface area contributed by atoms with Crippen LogP contribution in [0.4, 0.5) is 10.1 Å². The Kier molecular flexibility index (Phi) is 6.35. The molecule has 1 aromatic carbocycles. The first-order valence-corrected chi connectivity index (χ1v) is 6.68. The molecule has 0 saturated carbocycles. The molecule has 6 nitrogen and oxygen atoms in total. The molecule has 0 aliphatic carbocycles. The molecule has 0 aliphatic rings. The van der Waals surface area contributed by atoms with Gasteiger partial charge >= 0.3 is 5.69 Å². The molecular weight excluding hydrogens is 333 g/mol. The Hall–Kier alpha value is -1.72. The Labute approximate surface area is 123 Å². The number of nitrogens with one attached hydrogen (secondary N) is 1. The predicted octanol–water partition coefficient (Wildman–Crippen LogP) is 2.77. The third-order valence-electron chi connectivity index (χ3n) is 2.40. The normalized spacial score (nSPS) is 11.7. The van der Waals surface area contributed by atoms with Crippen LogP contribution in [0.25, 0.3) is 0 Å². The van der Waals surface area contributed by atoms with Gasteiger partial charge in [0.2, 0.25) is 0 Å². The molecule has 0 spiro atoms. The molecule has 0 fully saturated rings. The van der Waals surface area contributed by atoms with Crippen molar-refractivity contribution in [3.05, 3.63) is 32.5 Å². The molecule has 1 aromatic rings. The van der Waals surface area contributed by atoms with Crippen molar-refractivity contribution >= 4 is 21.6 Å². The predicted molar refractivity (Wildman–Crippen MR) is 73.9 cm³/mol. The quantitative estimate of drug-likeness (QED) is 0.606. The van der Waals surface area contributed by atoms with Gasteiger partial charge in [0.05, 0.1) is 15.5 Å². The first kappa shape index (κ1) is 16.3. The van der Waals surface area contributed by atoms with Crippen LogP contribution in [-0.4, -0.2) is 24.1 Å². The van der Waals surface area contributed by atoms with Gasteiger partial charge in [-0.1, -0.05) is 6.92 Å². The van der Waals surface area contributed by atoms with Crippen molar-refractivity contribution in [2.45, 2.75) is 19.4 Å². The van der Waals surface area contributed by atoms with Gasteiger partial charge in [-0.05, 0) is 28.9 Å². The number of benzene rings is 1. The number of rotatable bonds is 7. The summed E-state index contributed by atoms with van der Waals surface area (Å²) < 4.78 is 18.6. The highest BCUT2D eigenvalue weighted by Crippen LogP contribution is 2.32. The Morgan fingerprint density at radius 1 is 1.65 bits per heavy atom. The summed E-state index contributed by atoms with van der Waals surface area (Å²) in [6.45, 7) is 2.47. The summed E-state index contributed by atoms with van der Waals surface area (Å²) in [7, 11) is 0. The van der Waals surface area contributed by atoms with E-state index in [4.69, 9.17) is 10.00 Å². The molecule has 8 heteroatoms. The fraction of sp³-hybridized carbons (Fsp3) is 0.417. The first-order chi connectivity index (χ1) is 9.49. The number of nitriles is 1. The van der Waals surface area contributed by atoms with Gasteiger partial charge in [0, 0.05) is 12.1 Å². The van der Waals surface area contributed by atoms with E-state index >= 15 is 0 Å². The molecule has 0 aliphatic heterocycles. The fourth-order valence-electron chi connectivity index (χ4n) is 1.41. The summed E-state index contributed by atoms with van der Waals surface area (Å²) in [5, 5.41) is 22.7. The lowest BCUT2D eigenvalue weighted by Crippen LogP contribution is -2.33. The van der Waals surface area contributed by atoms with Gasteiger partial charge < -0.3 is 4.74 Å². The minimum atomic E-state index is -0.666. The third-order valence-corrected chi connectivity index (χ3v) is 3.01. The molecule has 1 rings (SSSR count). The second-order valence-electron chi connectivity index (χ2n) is 3.94. The van der Waals surface area contributed by atoms with Crippen LogP contribution in [0.3, 0.4) is 0 Å². The molecule has 20 heavy (non-hydrogen) atoms. The van der Waals surface area contributed by atoms with Gasteiger partial charge in [-0.15, -0.1) is 0 Å². The molecule has 0 amide bonds. The number of nitrogens with zero attached hydrogens (tertiary/aromatic N) is 2. The SMILES string of the molecule is CCCNC(C#N)COc1cc(F)c(Br)cc1[N+](=O)[O-]. The van der Waals surface area contributed by atoms with Gasteiger partial charge in [-0.2, -0.15) is 5.26 Å². The van der Waals surface area contributed by atoms with E-state index in [1.165, 1.54) is 0 Å². The van der Waals surface area contributed by atoms with Crippen LogP contribution in [0.2, 0.25) is 0 Å². The second kappa shape index (κ2) is 7.77. The summed E-state index contributed by atoms with van der Waals surface area (Å²) in [5.41, 5.74) is -0.356. The second-order valence-corrected chi connectivity index (χ2v) is 4.79. The topological polar surface area (TPSA) is 88.2 Å². The van der Waals surface area contributed by atoms with E-state index in [9.17, 15) is 14.5 Å². The van der Waals surface area contributed by atoms with E-state index in [1.54, 1.807) is 0 Å². The number of hydrogen-bond donors (Lipinski definition) is 1. The average molecular weight is 346 g/mol. The molecular formula is C12H13BrFN3O3. The van der Waals surface area contributed by atoms with E-state index in [1.807, 2.05) is 13.0 Å². The van der Waals surface area contributed by atoms with Crippen molar-refractivity contribution in [2.24, 2.45) is 0 Å². The summed E-state index contributed by atoms with van der Waals surface area (Å²) >= 11 is 2.88. The standard InChI is InChI=1S/C12H13BrFN3O3/c1-2-3-16-8(6-15)7-20-12-5-10(14)9(13)4-11(12)17(18)19/h4-5,8,16H,2-3,7H2,1H3. The van der Waals surface area contributed by atoms with Crippen molar-refractivity contribution in [2.75, 3.05) is 13.2 Å². The first-order valence-electron chi connectivity index (χ1n) is 5.88. The minimum absolute atomic E-state index is 0.0162. The van der Waals surface area contributed by atoms with Crippen molar-refractivity contribution in [1.29, 1.82) is 5.26 Å². The molecule has 1 unspecified atom stereocenters. The minimum Gasteiger partial charge on any atom is -0.484 e. The number of hydrogen-bond acceptors (Lipinski definition) is 5. The maximum atomic E-state index is 13.4. The van der Waals surface area contributed by atoms with E-state index in [-0.39, 0.29) is 22.5 Å². The zero-order valence-electron chi connectivity index (χ0n) is 10.7. The maximum absolute atomic E-state index is 13.4. The Morgan fingerprint density at radius 2 is 2.35 bits per heavy atom. The summed E-state index contributed by atoms with van der Waals surface area (Å²) in [6.07, 6.45) is 0.839. The van der Waals surface area contributed by atoms with E-state index in [0.29, 0.717) is 6.54 Å². The largest absolute Gasteiger partial charge is 0.484 e. The van der Waals surface area contributed by atoms with E-state index in [2.05, 4.69) is 21.2 Å². The van der Waals surface area contributed by atoms with Crippen LogP contribution in [0.5, 0.6) is 5.75 Å². The van der Waals surface area contributed by atoms with Crippen LogP contribution >= 0.6 is 15.9 Å². The Balaban J connectivity index is 2.84. The molecule has 1 N–H and O–H groups in total. The van der Waals surface area contributed by atoms with Crippen molar-refractivity contribution in [1.82, 2.24) is 5.32 Å². The maximum Gasteiger partial charge on any atom is 0.312 e. The summed E-state index contributed by atoms with van der Waals surface area (Å²) in [6, 6.07) is 3.32. The van der Waals surface area contributed by atoms with Crippen molar-refractivity contribution in [3.8, 4) is 11.8 Å². The zero-order chi connectivity index (χ0) is 15.1. The number of halogens is 2. The summed E-state index contributed by atoms with van der Waals surface area (Å²) in [4.78, 5) is 10.2. The number of nitro groups is 1. The molecule has 0 bridgehead atoms. The van der Waals surface area contributed by atoms with Crippen LogP contribution in [0, 0.1) is 27.3 Å². The van der Waals surface area contributed by atoms with Gasteiger partial charge in [0.25, 0.3) is 0 Å². The lowest BCUT2D eigenvalue weighted by molar-refractivity contribution is -0.386. The third kappa shape index (κ3) is 4.43. The lowest BCUT2D eigenvalue weighted by Gasteiger charge is -2.12. The van der Waals surface area contributed by atoms with Crippen LogP contribution in [0.15, 0.2) is 16.6 Å². The Morgan fingerprint density at radius 3 is 2.90 bits per heavy atom. The molecule has 108 valence electrons. The molecule has 1 atom stereocenters. The average Bonchev–Trinajstić information content (AvgIpc) is 2.42. The smallest absolute Gasteiger partial charge is 0.312 e. The number of nitro benzene ring substituents is 1. The van der Waals surface area contributed by atoms with Crippen LogP contribution < -0.4 is 10.1 Å². The molecule has 0 aromatic heterocycles. The van der Waals surface area contributed by atoms with Crippen molar-refractivity contribution < 1.29 is 14.1 Å². The van der Waals surface area contributed by atoms with Crippen LogP contribution in [-0.2, 0) is 0 Å². The monoisotopic (exact) mass is 345 g/mol. The van der Waals surface area contributed by atoms with Crippen LogP contribution in [0.1, 0.15) is 13.3 Å². The molecule has 0 radical (unpaired) electrons. The summed E-state index contributed by atoms with van der Waals surface area (Å²) in [5.74, 6) is -0.866. The lowest BCUT2D eigenvalue weighted by atomic mass is 10.3. The number of ether oxygens (including phenoxy) is 1. The zero-order valence-corrected chi connectivity index (χ0v) is 12.3. The fourth-order valence-corrected chi connectivity index (χ4v) is 1.74. The van der Waals surface area contributed by atoms with Gasteiger partial charge in [-0.3, -0.25) is 15.4 Å². The van der Waals surface area contributed by atoms with Crippen molar-refractivity contribution in [3.63, 3.8) is 0 Å². The Bertz CT molecular complexity index is 533. The van der Waals surface area contributed by atoms with Gasteiger partial charge in [0.15, 0.2) is 5.75 Å². The molecule has 0 heterocycles. The molecule has 0 saturated heterocycles. The highest BCUT2D eigenvalue weighted by Gasteiger charge is 2.20.